The zero-order valence-corrected chi connectivity index (χ0v) is 16.0. The molecule has 3 aromatic rings. The van der Waals surface area contributed by atoms with Crippen molar-refractivity contribution in [3.05, 3.63) is 83.9 Å². The highest BCUT2D eigenvalue weighted by Gasteiger charge is 2.65. The second-order valence-electron chi connectivity index (χ2n) is 7.48. The molecule has 0 atom stereocenters. The van der Waals surface area contributed by atoms with Gasteiger partial charge in [-0.2, -0.15) is 26.3 Å². The first-order valence-corrected chi connectivity index (χ1v) is 9.39. The van der Waals surface area contributed by atoms with Crippen LogP contribution in [-0.4, -0.2) is 12.4 Å². The third-order valence-corrected chi connectivity index (χ3v) is 5.49. The Morgan fingerprint density at radius 1 is 0.469 bits per heavy atom. The maximum absolute atomic E-state index is 13.2. The molecule has 0 aromatic heterocycles. The minimum atomic E-state index is -4.59. The monoisotopic (exact) mass is 446 g/mol. The second kappa shape index (κ2) is 6.47. The van der Waals surface area contributed by atoms with Crippen molar-refractivity contribution in [2.45, 2.75) is 23.7 Å². The van der Waals surface area contributed by atoms with E-state index in [0.29, 0.717) is 11.1 Å². The minimum absolute atomic E-state index is 0.0602. The van der Waals surface area contributed by atoms with Gasteiger partial charge in [0.05, 0.1) is 0 Å². The Bertz CT molecular complexity index is 1130. The SMILES string of the molecule is FC(F)(F)C1(c2ccc(-c3cccc(-c4ccc(C5(C(F)(F)F)N=N5)cc4)c3)cc2)N=N1. The lowest BCUT2D eigenvalue weighted by molar-refractivity contribution is -0.166. The largest absolute Gasteiger partial charge is 0.442 e. The van der Waals surface area contributed by atoms with E-state index in [9.17, 15) is 26.3 Å². The van der Waals surface area contributed by atoms with Crippen LogP contribution in [-0.2, 0) is 11.3 Å². The normalized spacial score (nSPS) is 17.9. The van der Waals surface area contributed by atoms with Gasteiger partial charge < -0.3 is 0 Å². The second-order valence-corrected chi connectivity index (χ2v) is 7.48. The van der Waals surface area contributed by atoms with Crippen LogP contribution in [0.5, 0.6) is 0 Å². The standard InChI is InChI=1S/C22H12F6N4/c23-21(24,25)19(29-30-19)17-8-4-13(5-9-17)15-2-1-3-16(12-15)14-6-10-18(11-7-14)20(31-32-20)22(26,27)28/h1-12H. The van der Waals surface area contributed by atoms with Crippen LogP contribution < -0.4 is 0 Å². The van der Waals surface area contributed by atoms with Crippen LogP contribution in [0.2, 0.25) is 0 Å². The molecule has 0 aliphatic carbocycles. The number of alkyl halides is 6. The van der Waals surface area contributed by atoms with Gasteiger partial charge in [0.1, 0.15) is 0 Å². The highest BCUT2D eigenvalue weighted by atomic mass is 19.4. The van der Waals surface area contributed by atoms with E-state index in [1.54, 1.807) is 48.5 Å². The molecule has 0 spiro atoms. The maximum atomic E-state index is 13.2. The Morgan fingerprint density at radius 2 is 0.812 bits per heavy atom. The fraction of sp³-hybridized carbons (Fsp3) is 0.182. The van der Waals surface area contributed by atoms with E-state index in [-0.39, 0.29) is 11.1 Å². The van der Waals surface area contributed by atoms with Gasteiger partial charge in [-0.3, -0.25) is 0 Å². The van der Waals surface area contributed by atoms with E-state index in [0.717, 1.165) is 11.1 Å². The van der Waals surface area contributed by atoms with Crippen molar-refractivity contribution in [1.82, 2.24) is 0 Å². The van der Waals surface area contributed by atoms with Crippen LogP contribution in [0.4, 0.5) is 26.3 Å². The lowest BCUT2D eigenvalue weighted by Crippen LogP contribution is -2.29. The topological polar surface area (TPSA) is 49.4 Å². The van der Waals surface area contributed by atoms with E-state index >= 15 is 0 Å². The fourth-order valence-corrected chi connectivity index (χ4v) is 3.55. The molecule has 0 radical (unpaired) electrons. The minimum Gasteiger partial charge on any atom is -0.166 e. The summed E-state index contributed by atoms with van der Waals surface area (Å²) in [5.74, 6) is 0. The van der Waals surface area contributed by atoms with Crippen LogP contribution in [0.25, 0.3) is 22.3 Å². The van der Waals surface area contributed by atoms with Crippen molar-refractivity contribution in [1.29, 1.82) is 0 Å². The van der Waals surface area contributed by atoms with Gasteiger partial charge in [-0.1, -0.05) is 66.7 Å². The quantitative estimate of drug-likeness (QED) is 0.376. The summed E-state index contributed by atoms with van der Waals surface area (Å²) in [6, 6.07) is 18.7. The van der Waals surface area contributed by atoms with Crippen LogP contribution in [0, 0.1) is 0 Å². The Kier molecular flexibility index (Phi) is 4.12. The Morgan fingerprint density at radius 3 is 1.09 bits per heavy atom. The van der Waals surface area contributed by atoms with E-state index in [4.69, 9.17) is 0 Å². The van der Waals surface area contributed by atoms with Crippen molar-refractivity contribution in [2.75, 3.05) is 0 Å². The summed E-state index contributed by atoms with van der Waals surface area (Å²) in [6.45, 7) is 0. The molecule has 10 heteroatoms. The molecule has 2 heterocycles. The first kappa shape index (κ1) is 20.3. The number of rotatable bonds is 4. The van der Waals surface area contributed by atoms with E-state index in [1.165, 1.54) is 24.3 Å². The van der Waals surface area contributed by atoms with Gasteiger partial charge in [-0.25, -0.2) is 0 Å². The van der Waals surface area contributed by atoms with Crippen LogP contribution >= 0.6 is 0 Å². The average Bonchev–Trinajstić information content (AvgIpc) is 3.66. The molecular weight excluding hydrogens is 434 g/mol. The van der Waals surface area contributed by atoms with Gasteiger partial charge in [-0.15, -0.1) is 20.5 Å². The molecule has 32 heavy (non-hydrogen) atoms. The summed E-state index contributed by atoms with van der Waals surface area (Å²) in [7, 11) is 0. The molecule has 5 rings (SSSR count). The predicted octanol–water partition coefficient (Wildman–Crippen LogP) is 7.38. The smallest absolute Gasteiger partial charge is 0.166 e. The van der Waals surface area contributed by atoms with Crippen molar-refractivity contribution in [3.63, 3.8) is 0 Å². The van der Waals surface area contributed by atoms with Gasteiger partial charge in [-0.05, 0) is 28.3 Å². The Balaban J connectivity index is 1.40. The zero-order valence-electron chi connectivity index (χ0n) is 16.0. The molecule has 0 N–H and O–H groups in total. The van der Waals surface area contributed by atoms with Gasteiger partial charge in [0.25, 0.3) is 0 Å². The van der Waals surface area contributed by atoms with Crippen molar-refractivity contribution < 1.29 is 26.3 Å². The number of hydrogen-bond donors (Lipinski definition) is 0. The molecule has 162 valence electrons. The van der Waals surface area contributed by atoms with Gasteiger partial charge in [0.15, 0.2) is 0 Å². The zero-order chi connectivity index (χ0) is 22.8. The molecule has 4 nitrogen and oxygen atoms in total. The van der Waals surface area contributed by atoms with Gasteiger partial charge >= 0.3 is 23.7 Å². The molecule has 2 aliphatic rings. The third kappa shape index (κ3) is 3.09. The van der Waals surface area contributed by atoms with E-state index in [1.807, 2.05) is 0 Å². The summed E-state index contributed by atoms with van der Waals surface area (Å²) in [6.07, 6.45) is -9.18. The predicted molar refractivity (Wildman–Crippen MR) is 102 cm³/mol. The molecule has 0 fully saturated rings. The fourth-order valence-electron chi connectivity index (χ4n) is 3.55. The van der Waals surface area contributed by atoms with Gasteiger partial charge in [0, 0.05) is 11.1 Å². The van der Waals surface area contributed by atoms with Gasteiger partial charge in [0.2, 0.25) is 0 Å². The Hall–Kier alpha value is -3.56. The highest BCUT2D eigenvalue weighted by Crippen LogP contribution is 2.53. The average molecular weight is 446 g/mol. The summed E-state index contributed by atoms with van der Waals surface area (Å²) in [5, 5.41) is 12.8. The Labute approximate surface area is 177 Å². The van der Waals surface area contributed by atoms with Crippen LogP contribution in [0.1, 0.15) is 11.1 Å². The highest BCUT2D eigenvalue weighted by molar-refractivity contribution is 5.73. The summed E-state index contributed by atoms with van der Waals surface area (Å²) >= 11 is 0. The van der Waals surface area contributed by atoms with Crippen molar-refractivity contribution in [3.8, 4) is 22.3 Å². The lowest BCUT2D eigenvalue weighted by Gasteiger charge is -2.15. The number of halogens is 6. The maximum Gasteiger partial charge on any atom is 0.442 e. The van der Waals surface area contributed by atoms with E-state index in [2.05, 4.69) is 20.5 Å². The molecule has 0 saturated heterocycles. The lowest BCUT2D eigenvalue weighted by atomic mass is 9.95. The molecule has 3 aromatic carbocycles. The summed E-state index contributed by atoms with van der Waals surface area (Å²) in [5.41, 5.74) is -2.23. The van der Waals surface area contributed by atoms with Crippen LogP contribution in [0.15, 0.2) is 93.3 Å². The molecule has 0 bridgehead atoms. The first-order chi connectivity index (χ1) is 15.1. The molecule has 2 aliphatic heterocycles. The summed E-state index contributed by atoms with van der Waals surface area (Å²) in [4.78, 5) is 0. The number of nitrogens with zero attached hydrogens (tertiary/aromatic N) is 4. The molecule has 0 saturated carbocycles. The number of benzene rings is 3. The van der Waals surface area contributed by atoms with Crippen LogP contribution in [0.3, 0.4) is 0 Å². The summed E-state index contributed by atoms with van der Waals surface area (Å²) < 4.78 is 78.9. The third-order valence-electron chi connectivity index (χ3n) is 5.49. The molecular formula is C22H12F6N4. The van der Waals surface area contributed by atoms with Crippen molar-refractivity contribution >= 4 is 0 Å². The number of hydrogen-bond acceptors (Lipinski definition) is 4. The van der Waals surface area contributed by atoms with Crippen molar-refractivity contribution in [2.24, 2.45) is 20.5 Å². The first-order valence-electron chi connectivity index (χ1n) is 9.39. The van der Waals surface area contributed by atoms with E-state index < -0.39 is 23.7 Å². The molecule has 0 amide bonds. The molecule has 0 unspecified atom stereocenters.